The van der Waals surface area contributed by atoms with Crippen LogP contribution in [0, 0.1) is 0 Å². The van der Waals surface area contributed by atoms with Crippen LogP contribution in [0.15, 0.2) is 12.7 Å². The van der Waals surface area contributed by atoms with Crippen LogP contribution in [0.2, 0.25) is 0 Å². The van der Waals surface area contributed by atoms with Gasteiger partial charge in [0.25, 0.3) is 0 Å². The maximum absolute atomic E-state index is 10.4. The van der Waals surface area contributed by atoms with Crippen LogP contribution >= 0.6 is 0 Å². The second-order valence-corrected chi connectivity index (χ2v) is 2.30. The first-order chi connectivity index (χ1) is 5.20. The Kier molecular flexibility index (Phi) is 5.42. The molecule has 0 radical (unpaired) electrons. The Morgan fingerprint density at radius 3 is 2.73 bits per heavy atom. The summed E-state index contributed by atoms with van der Waals surface area (Å²) in [5.74, 6) is -0.336. The fourth-order valence-corrected chi connectivity index (χ4v) is 0.732. The average molecular weight is 157 g/mol. The molecule has 0 heterocycles. The molecule has 64 valence electrons. The number of carbonyl (C=O) groups is 1. The van der Waals surface area contributed by atoms with E-state index in [-0.39, 0.29) is 18.4 Å². The normalized spacial score (nSPS) is 12.5. The Morgan fingerprint density at radius 2 is 2.36 bits per heavy atom. The Hall–Kier alpha value is -0.870. The van der Waals surface area contributed by atoms with Crippen molar-refractivity contribution in [2.45, 2.75) is 12.5 Å². The van der Waals surface area contributed by atoms with Crippen molar-refractivity contribution in [2.24, 2.45) is 11.5 Å². The molecule has 0 aliphatic rings. The van der Waals surface area contributed by atoms with E-state index in [1.165, 1.54) is 0 Å². The lowest BCUT2D eigenvalue weighted by molar-refractivity contribution is -0.118. The molecule has 0 aromatic heterocycles. The predicted octanol–water partition coefficient (Wildman–Crippen LogP) is -1.04. The molecule has 0 aliphatic carbocycles. The third-order valence-electron chi connectivity index (χ3n) is 1.28. The highest BCUT2D eigenvalue weighted by molar-refractivity contribution is 5.74. The summed E-state index contributed by atoms with van der Waals surface area (Å²) in [5.41, 5.74) is 10.3. The topological polar surface area (TPSA) is 81.1 Å². The van der Waals surface area contributed by atoms with Gasteiger partial charge in [-0.15, -0.1) is 6.58 Å². The zero-order valence-corrected chi connectivity index (χ0v) is 6.55. The van der Waals surface area contributed by atoms with E-state index in [2.05, 4.69) is 11.9 Å². The van der Waals surface area contributed by atoms with Crippen molar-refractivity contribution in [2.75, 3.05) is 13.1 Å². The second-order valence-electron chi connectivity index (χ2n) is 2.30. The van der Waals surface area contributed by atoms with E-state index < -0.39 is 0 Å². The van der Waals surface area contributed by atoms with Crippen LogP contribution in [0.1, 0.15) is 6.42 Å². The Labute approximate surface area is 66.6 Å². The molecule has 0 aromatic rings. The maximum atomic E-state index is 10.4. The Balaban J connectivity index is 3.57. The lowest BCUT2D eigenvalue weighted by Crippen LogP contribution is -2.39. The molecule has 0 saturated heterocycles. The molecule has 11 heavy (non-hydrogen) atoms. The number of amides is 1. The molecule has 0 rings (SSSR count). The summed E-state index contributed by atoms with van der Waals surface area (Å²) < 4.78 is 0. The molecule has 0 spiro atoms. The SMILES string of the molecule is C=CCNC(CN)CC(N)=O. The summed E-state index contributed by atoms with van der Waals surface area (Å²) in [6, 6.07) is -0.0227. The number of hydrogen-bond acceptors (Lipinski definition) is 3. The minimum Gasteiger partial charge on any atom is -0.370 e. The van der Waals surface area contributed by atoms with Gasteiger partial charge in [0.1, 0.15) is 0 Å². The average Bonchev–Trinajstić information content (AvgIpc) is 1.97. The van der Waals surface area contributed by atoms with E-state index in [1.54, 1.807) is 6.08 Å². The largest absolute Gasteiger partial charge is 0.370 e. The standard InChI is InChI=1S/C7H15N3O/c1-2-3-10-6(5-8)4-7(9)11/h2,6,10H,1,3-5,8H2,(H2,9,11). The van der Waals surface area contributed by atoms with E-state index in [0.29, 0.717) is 13.1 Å². The lowest BCUT2D eigenvalue weighted by Gasteiger charge is -2.12. The monoisotopic (exact) mass is 157 g/mol. The van der Waals surface area contributed by atoms with Gasteiger partial charge in [-0.25, -0.2) is 0 Å². The molecule has 5 N–H and O–H groups in total. The molecule has 4 nitrogen and oxygen atoms in total. The first-order valence-electron chi connectivity index (χ1n) is 3.53. The van der Waals surface area contributed by atoms with Crippen molar-refractivity contribution in [1.29, 1.82) is 0 Å². The molecule has 1 amide bonds. The van der Waals surface area contributed by atoms with Gasteiger partial charge in [-0.3, -0.25) is 4.79 Å². The van der Waals surface area contributed by atoms with Crippen LogP contribution in [0.25, 0.3) is 0 Å². The summed E-state index contributed by atoms with van der Waals surface area (Å²) in [5, 5.41) is 3.01. The van der Waals surface area contributed by atoms with Crippen LogP contribution in [-0.4, -0.2) is 25.0 Å². The van der Waals surface area contributed by atoms with Gasteiger partial charge in [0.05, 0.1) is 0 Å². The fraction of sp³-hybridized carbons (Fsp3) is 0.571. The molecule has 1 unspecified atom stereocenters. The van der Waals surface area contributed by atoms with Gasteiger partial charge >= 0.3 is 0 Å². The van der Waals surface area contributed by atoms with E-state index in [1.807, 2.05) is 0 Å². The third kappa shape index (κ3) is 5.57. The molecule has 0 saturated carbocycles. The zero-order chi connectivity index (χ0) is 8.69. The summed E-state index contributed by atoms with van der Waals surface area (Å²) in [6.07, 6.45) is 1.99. The lowest BCUT2D eigenvalue weighted by atomic mass is 10.2. The number of rotatable bonds is 6. The number of nitrogens with two attached hydrogens (primary N) is 2. The first-order valence-corrected chi connectivity index (χ1v) is 3.53. The second kappa shape index (κ2) is 5.88. The van der Waals surface area contributed by atoms with Crippen molar-refractivity contribution in [3.05, 3.63) is 12.7 Å². The predicted molar refractivity (Wildman–Crippen MR) is 44.9 cm³/mol. The number of carbonyl (C=O) groups excluding carboxylic acids is 1. The van der Waals surface area contributed by atoms with Crippen LogP contribution in [0.4, 0.5) is 0 Å². The van der Waals surface area contributed by atoms with Gasteiger partial charge in [0.2, 0.25) is 5.91 Å². The van der Waals surface area contributed by atoms with Gasteiger partial charge in [-0.2, -0.15) is 0 Å². The van der Waals surface area contributed by atoms with Crippen LogP contribution < -0.4 is 16.8 Å². The van der Waals surface area contributed by atoms with E-state index in [9.17, 15) is 4.79 Å². The minimum atomic E-state index is -0.336. The van der Waals surface area contributed by atoms with E-state index in [4.69, 9.17) is 11.5 Å². The van der Waals surface area contributed by atoms with Crippen LogP contribution in [-0.2, 0) is 4.79 Å². The van der Waals surface area contributed by atoms with Gasteiger partial charge in [0.15, 0.2) is 0 Å². The minimum absolute atomic E-state index is 0.0227. The Bertz CT molecular complexity index is 136. The van der Waals surface area contributed by atoms with Crippen LogP contribution in [0.5, 0.6) is 0 Å². The van der Waals surface area contributed by atoms with Crippen molar-refractivity contribution in [3.8, 4) is 0 Å². The number of primary amides is 1. The summed E-state index contributed by atoms with van der Waals surface area (Å²) in [4.78, 5) is 10.4. The van der Waals surface area contributed by atoms with Gasteiger partial charge in [-0.1, -0.05) is 6.08 Å². The molecule has 0 bridgehead atoms. The van der Waals surface area contributed by atoms with Gasteiger partial charge < -0.3 is 16.8 Å². The first kappa shape index (κ1) is 10.1. The fourth-order valence-electron chi connectivity index (χ4n) is 0.732. The summed E-state index contributed by atoms with van der Waals surface area (Å²) >= 11 is 0. The van der Waals surface area contributed by atoms with Gasteiger partial charge in [0, 0.05) is 25.6 Å². The summed E-state index contributed by atoms with van der Waals surface area (Å²) in [7, 11) is 0. The quantitative estimate of drug-likeness (QED) is 0.431. The van der Waals surface area contributed by atoms with Crippen LogP contribution in [0.3, 0.4) is 0 Å². The molecule has 1 atom stereocenters. The zero-order valence-electron chi connectivity index (χ0n) is 6.55. The highest BCUT2D eigenvalue weighted by Crippen LogP contribution is 1.86. The number of nitrogens with one attached hydrogen (secondary N) is 1. The van der Waals surface area contributed by atoms with Gasteiger partial charge in [-0.05, 0) is 0 Å². The van der Waals surface area contributed by atoms with E-state index >= 15 is 0 Å². The molecule has 0 fully saturated rings. The van der Waals surface area contributed by atoms with Crippen molar-refractivity contribution in [1.82, 2.24) is 5.32 Å². The summed E-state index contributed by atoms with van der Waals surface area (Å²) in [6.45, 7) is 4.59. The van der Waals surface area contributed by atoms with Crippen molar-refractivity contribution in [3.63, 3.8) is 0 Å². The molecule has 0 aliphatic heterocycles. The molecule has 0 aromatic carbocycles. The molecular formula is C7H15N3O. The molecular weight excluding hydrogens is 142 g/mol. The number of hydrogen-bond donors (Lipinski definition) is 3. The van der Waals surface area contributed by atoms with E-state index in [0.717, 1.165) is 0 Å². The smallest absolute Gasteiger partial charge is 0.219 e. The highest BCUT2D eigenvalue weighted by Gasteiger charge is 2.07. The highest BCUT2D eigenvalue weighted by atomic mass is 16.1. The van der Waals surface area contributed by atoms with Crippen molar-refractivity contribution < 1.29 is 4.79 Å². The Morgan fingerprint density at radius 1 is 1.73 bits per heavy atom. The maximum Gasteiger partial charge on any atom is 0.219 e. The third-order valence-corrected chi connectivity index (χ3v) is 1.28. The van der Waals surface area contributed by atoms with Crippen molar-refractivity contribution >= 4 is 5.91 Å². The molecule has 4 heteroatoms.